The molecule has 0 aromatic heterocycles. The number of carbonyl (C=O) groups is 1. The van der Waals surface area contributed by atoms with Gasteiger partial charge in [-0.2, -0.15) is 0 Å². The Bertz CT molecular complexity index is 470. The third-order valence-electron chi connectivity index (χ3n) is 3.45. The Balaban J connectivity index is 2.25. The topological polar surface area (TPSA) is 49.8 Å². The fraction of sp³-hybridized carbons (Fsp3) is 0.500. The van der Waals surface area contributed by atoms with Gasteiger partial charge in [0.25, 0.3) is 0 Å². The summed E-state index contributed by atoms with van der Waals surface area (Å²) in [6.45, 7) is 2.82. The number of aromatic carboxylic acids is 1. The number of piperidine rings is 1. The minimum Gasteiger partial charge on any atom is -0.496 e. The van der Waals surface area contributed by atoms with Crippen LogP contribution in [0.15, 0.2) is 12.1 Å². The maximum Gasteiger partial charge on any atom is 0.335 e. The van der Waals surface area contributed by atoms with E-state index in [1.165, 1.54) is 38.5 Å². The van der Waals surface area contributed by atoms with E-state index in [1.54, 1.807) is 0 Å². The molecule has 1 saturated heterocycles. The van der Waals surface area contributed by atoms with E-state index >= 15 is 0 Å². The van der Waals surface area contributed by atoms with E-state index in [0.717, 1.165) is 18.7 Å². The molecule has 0 unspecified atom stereocenters. The number of carboxylic acids is 1. The average Bonchev–Trinajstić information content (AvgIpc) is 2.41. The van der Waals surface area contributed by atoms with Crippen molar-refractivity contribution in [2.24, 2.45) is 0 Å². The van der Waals surface area contributed by atoms with Crippen LogP contribution in [0.5, 0.6) is 5.75 Å². The smallest absolute Gasteiger partial charge is 0.335 e. The molecule has 4 nitrogen and oxygen atoms in total. The standard InChI is InChI=1S/C14H18ClNO3/c1-19-13-8-10(14(17)18)7-12(15)11(13)9-16-5-3-2-4-6-16/h7-8H,2-6,9H2,1H3,(H,17,18). The first-order valence-corrected chi connectivity index (χ1v) is 6.81. The van der Waals surface area contributed by atoms with Gasteiger partial charge in [-0.15, -0.1) is 0 Å². The Labute approximate surface area is 117 Å². The maximum absolute atomic E-state index is 11.0. The van der Waals surface area contributed by atoms with Gasteiger partial charge >= 0.3 is 5.97 Å². The van der Waals surface area contributed by atoms with Gasteiger partial charge in [-0.25, -0.2) is 4.79 Å². The van der Waals surface area contributed by atoms with E-state index in [1.807, 2.05) is 0 Å². The van der Waals surface area contributed by atoms with Crippen molar-refractivity contribution in [3.8, 4) is 5.75 Å². The fourth-order valence-corrected chi connectivity index (χ4v) is 2.68. The van der Waals surface area contributed by atoms with Gasteiger partial charge in [0, 0.05) is 17.1 Å². The fourth-order valence-electron chi connectivity index (χ4n) is 2.41. The molecule has 1 N–H and O–H groups in total. The largest absolute Gasteiger partial charge is 0.496 e. The first kappa shape index (κ1) is 14.2. The van der Waals surface area contributed by atoms with Gasteiger partial charge in [0.1, 0.15) is 5.75 Å². The van der Waals surface area contributed by atoms with E-state index in [0.29, 0.717) is 17.3 Å². The van der Waals surface area contributed by atoms with Crippen LogP contribution in [0.25, 0.3) is 0 Å². The molecule has 1 aliphatic rings. The monoisotopic (exact) mass is 283 g/mol. The summed E-state index contributed by atoms with van der Waals surface area (Å²) in [5.74, 6) is -0.444. The molecule has 0 saturated carbocycles. The first-order valence-electron chi connectivity index (χ1n) is 6.44. The van der Waals surface area contributed by atoms with Crippen LogP contribution < -0.4 is 4.74 Å². The second-order valence-corrected chi connectivity index (χ2v) is 5.19. The van der Waals surface area contributed by atoms with Gasteiger partial charge in [-0.05, 0) is 38.1 Å². The van der Waals surface area contributed by atoms with Crippen LogP contribution in [-0.4, -0.2) is 36.2 Å². The van der Waals surface area contributed by atoms with Gasteiger partial charge in [0.2, 0.25) is 0 Å². The van der Waals surface area contributed by atoms with Gasteiger partial charge in [0.15, 0.2) is 0 Å². The molecule has 1 aromatic carbocycles. The van der Waals surface area contributed by atoms with E-state index in [2.05, 4.69) is 4.90 Å². The molecule has 104 valence electrons. The van der Waals surface area contributed by atoms with Crippen molar-refractivity contribution in [2.45, 2.75) is 25.8 Å². The van der Waals surface area contributed by atoms with Crippen LogP contribution in [0.2, 0.25) is 5.02 Å². The number of benzene rings is 1. The zero-order valence-electron chi connectivity index (χ0n) is 11.0. The van der Waals surface area contributed by atoms with Gasteiger partial charge in [-0.1, -0.05) is 18.0 Å². The number of carboxylic acid groups (broad SMARTS) is 1. The van der Waals surface area contributed by atoms with Crippen LogP contribution >= 0.6 is 11.6 Å². The predicted molar refractivity (Wildman–Crippen MR) is 74.1 cm³/mol. The highest BCUT2D eigenvalue weighted by molar-refractivity contribution is 6.32. The summed E-state index contributed by atoms with van der Waals surface area (Å²) >= 11 is 6.21. The van der Waals surface area contributed by atoms with Crippen molar-refractivity contribution in [3.05, 3.63) is 28.3 Å². The molecule has 1 heterocycles. The quantitative estimate of drug-likeness (QED) is 0.923. The number of methoxy groups -OCH3 is 1. The molecule has 1 aliphatic heterocycles. The summed E-state index contributed by atoms with van der Waals surface area (Å²) in [4.78, 5) is 13.3. The van der Waals surface area contributed by atoms with E-state index in [9.17, 15) is 4.79 Å². The summed E-state index contributed by atoms with van der Waals surface area (Å²) < 4.78 is 5.28. The van der Waals surface area contributed by atoms with Gasteiger partial charge in [0.05, 0.1) is 12.7 Å². The van der Waals surface area contributed by atoms with Crippen LogP contribution in [0, 0.1) is 0 Å². The lowest BCUT2D eigenvalue weighted by molar-refractivity contribution is 0.0696. The van der Waals surface area contributed by atoms with Crippen molar-refractivity contribution >= 4 is 17.6 Å². The Hall–Kier alpha value is -1.26. The van der Waals surface area contributed by atoms with Gasteiger partial charge in [-0.3, -0.25) is 4.90 Å². The van der Waals surface area contributed by atoms with E-state index < -0.39 is 5.97 Å². The average molecular weight is 284 g/mol. The lowest BCUT2D eigenvalue weighted by atomic mass is 10.1. The minimum atomic E-state index is -0.996. The SMILES string of the molecule is COc1cc(C(=O)O)cc(Cl)c1CN1CCCCC1. The number of nitrogens with zero attached hydrogens (tertiary/aromatic N) is 1. The third kappa shape index (κ3) is 3.39. The lowest BCUT2D eigenvalue weighted by Crippen LogP contribution is -2.29. The molecule has 0 radical (unpaired) electrons. The Morgan fingerprint density at radius 2 is 2.05 bits per heavy atom. The zero-order chi connectivity index (χ0) is 13.8. The molecular weight excluding hydrogens is 266 g/mol. The molecule has 0 aliphatic carbocycles. The normalized spacial score (nSPS) is 16.3. The number of hydrogen-bond donors (Lipinski definition) is 1. The molecule has 1 aromatic rings. The Kier molecular flexibility index (Phi) is 4.66. The summed E-state index contributed by atoms with van der Waals surface area (Å²) in [6, 6.07) is 3.03. The number of likely N-dealkylation sites (tertiary alicyclic amines) is 1. The zero-order valence-corrected chi connectivity index (χ0v) is 11.7. The van der Waals surface area contributed by atoms with Crippen molar-refractivity contribution < 1.29 is 14.6 Å². The number of rotatable bonds is 4. The van der Waals surface area contributed by atoms with Crippen LogP contribution in [-0.2, 0) is 6.54 Å². The van der Waals surface area contributed by atoms with Crippen LogP contribution in [0.3, 0.4) is 0 Å². The summed E-state index contributed by atoms with van der Waals surface area (Å²) in [5, 5.41) is 9.48. The molecule has 19 heavy (non-hydrogen) atoms. The second-order valence-electron chi connectivity index (χ2n) is 4.78. The molecule has 0 atom stereocenters. The molecule has 1 fully saturated rings. The molecule has 5 heteroatoms. The van der Waals surface area contributed by atoms with Crippen LogP contribution in [0.4, 0.5) is 0 Å². The van der Waals surface area contributed by atoms with Crippen molar-refractivity contribution in [1.82, 2.24) is 4.90 Å². The third-order valence-corrected chi connectivity index (χ3v) is 3.79. The number of ether oxygens (including phenoxy) is 1. The predicted octanol–water partition coefficient (Wildman–Crippen LogP) is 3.03. The molecule has 2 rings (SSSR count). The molecule has 0 spiro atoms. The maximum atomic E-state index is 11.0. The highest BCUT2D eigenvalue weighted by Gasteiger charge is 2.18. The highest BCUT2D eigenvalue weighted by Crippen LogP contribution is 2.30. The highest BCUT2D eigenvalue weighted by atomic mass is 35.5. The number of hydrogen-bond acceptors (Lipinski definition) is 3. The van der Waals surface area contributed by atoms with E-state index in [-0.39, 0.29) is 5.56 Å². The van der Waals surface area contributed by atoms with Crippen molar-refractivity contribution in [2.75, 3.05) is 20.2 Å². The molecule has 0 amide bonds. The summed E-state index contributed by atoms with van der Waals surface area (Å²) in [6.07, 6.45) is 3.68. The molecule has 0 bridgehead atoms. The van der Waals surface area contributed by atoms with Crippen molar-refractivity contribution in [1.29, 1.82) is 0 Å². The van der Waals surface area contributed by atoms with Gasteiger partial charge < -0.3 is 9.84 Å². The summed E-state index contributed by atoms with van der Waals surface area (Å²) in [5.41, 5.74) is 1.03. The Morgan fingerprint density at radius 3 is 2.63 bits per heavy atom. The minimum absolute atomic E-state index is 0.157. The van der Waals surface area contributed by atoms with Crippen LogP contribution in [0.1, 0.15) is 35.2 Å². The molecular formula is C14H18ClNO3. The Morgan fingerprint density at radius 1 is 1.37 bits per heavy atom. The van der Waals surface area contributed by atoms with Crippen molar-refractivity contribution in [3.63, 3.8) is 0 Å². The summed E-state index contributed by atoms with van der Waals surface area (Å²) in [7, 11) is 1.54. The second kappa shape index (κ2) is 6.26. The number of halogens is 1. The first-order chi connectivity index (χ1) is 9.11. The van der Waals surface area contributed by atoms with E-state index in [4.69, 9.17) is 21.4 Å². The lowest BCUT2D eigenvalue weighted by Gasteiger charge is -2.27.